The van der Waals surface area contributed by atoms with Crippen molar-refractivity contribution >= 4 is 6.29 Å². The molecule has 23 heavy (non-hydrogen) atoms. The highest BCUT2D eigenvalue weighted by molar-refractivity contribution is 5.76. The molecule has 2 rings (SSSR count). The highest BCUT2D eigenvalue weighted by Crippen LogP contribution is 2.30. The van der Waals surface area contributed by atoms with Crippen LogP contribution in [0.2, 0.25) is 0 Å². The Balaban J connectivity index is 1.98. The molecule has 0 saturated heterocycles. The van der Waals surface area contributed by atoms with Gasteiger partial charge in [0, 0.05) is 12.0 Å². The Morgan fingerprint density at radius 2 is 1.74 bits per heavy atom. The third-order valence-corrected chi connectivity index (χ3v) is 3.25. The zero-order valence-corrected chi connectivity index (χ0v) is 12.4. The topological polar surface area (TPSA) is 35.5 Å². The Morgan fingerprint density at radius 1 is 1.04 bits per heavy atom. The first-order valence-corrected chi connectivity index (χ1v) is 6.86. The summed E-state index contributed by atoms with van der Waals surface area (Å²) in [5.41, 5.74) is 0.501. The molecule has 0 radical (unpaired) electrons. The van der Waals surface area contributed by atoms with Crippen molar-refractivity contribution in [2.75, 3.05) is 13.7 Å². The maximum absolute atomic E-state index is 12.5. The molecule has 3 nitrogen and oxygen atoms in total. The fraction of sp³-hybridized carbons (Fsp3) is 0.235. The number of hydrogen-bond acceptors (Lipinski definition) is 3. The average molecular weight is 324 g/mol. The summed E-state index contributed by atoms with van der Waals surface area (Å²) in [6.07, 6.45) is -3.20. The van der Waals surface area contributed by atoms with Gasteiger partial charge in [0.1, 0.15) is 6.29 Å². The van der Waals surface area contributed by atoms with Gasteiger partial charge >= 0.3 is 6.18 Å². The highest BCUT2D eigenvalue weighted by atomic mass is 19.4. The lowest BCUT2D eigenvalue weighted by molar-refractivity contribution is -0.137. The van der Waals surface area contributed by atoms with E-state index in [9.17, 15) is 18.0 Å². The fourth-order valence-electron chi connectivity index (χ4n) is 2.02. The summed E-state index contributed by atoms with van der Waals surface area (Å²) in [5.74, 6) is 0.909. The molecule has 0 N–H and O–H groups in total. The van der Waals surface area contributed by atoms with Crippen LogP contribution in [0, 0.1) is 0 Å². The first-order valence-electron chi connectivity index (χ1n) is 6.86. The van der Waals surface area contributed by atoms with Gasteiger partial charge in [-0.2, -0.15) is 13.2 Å². The number of alkyl halides is 3. The lowest BCUT2D eigenvalue weighted by atomic mass is 10.1. The van der Waals surface area contributed by atoms with Crippen molar-refractivity contribution in [1.82, 2.24) is 0 Å². The third kappa shape index (κ3) is 4.48. The summed E-state index contributed by atoms with van der Waals surface area (Å²) in [7, 11) is 1.48. The molecule has 0 fully saturated rings. The standard InChI is InChI=1S/C17H15F3O3/c1-22-15-7-4-13(11-21)10-16(15)23-9-8-12-2-5-14(6-3-12)17(18,19)20/h2-7,10-11H,8-9H2,1H3. The Morgan fingerprint density at radius 3 is 2.30 bits per heavy atom. The van der Waals surface area contributed by atoms with Crippen molar-refractivity contribution in [1.29, 1.82) is 0 Å². The van der Waals surface area contributed by atoms with Gasteiger partial charge in [-0.05, 0) is 35.9 Å². The lowest BCUT2D eigenvalue weighted by Gasteiger charge is -2.11. The molecule has 0 aliphatic rings. The van der Waals surface area contributed by atoms with Crippen LogP contribution in [0.15, 0.2) is 42.5 Å². The minimum Gasteiger partial charge on any atom is -0.493 e. The number of ether oxygens (including phenoxy) is 2. The van der Waals surface area contributed by atoms with E-state index in [-0.39, 0.29) is 6.61 Å². The molecule has 0 atom stereocenters. The number of halogens is 3. The molecule has 2 aromatic carbocycles. The van der Waals surface area contributed by atoms with Crippen molar-refractivity contribution in [3.05, 3.63) is 59.2 Å². The smallest absolute Gasteiger partial charge is 0.416 e. The zero-order chi connectivity index (χ0) is 16.9. The Labute approximate surface area is 131 Å². The van der Waals surface area contributed by atoms with Crippen molar-refractivity contribution in [3.8, 4) is 11.5 Å². The molecule has 0 aliphatic heterocycles. The van der Waals surface area contributed by atoms with Crippen LogP contribution in [-0.4, -0.2) is 20.0 Å². The third-order valence-electron chi connectivity index (χ3n) is 3.25. The number of hydrogen-bond donors (Lipinski definition) is 0. The number of carbonyl (C=O) groups excluding carboxylic acids is 1. The van der Waals surface area contributed by atoms with Crippen LogP contribution < -0.4 is 9.47 Å². The van der Waals surface area contributed by atoms with Gasteiger partial charge < -0.3 is 9.47 Å². The summed E-state index contributed by atoms with van der Waals surface area (Å²) < 4.78 is 48.1. The van der Waals surface area contributed by atoms with Gasteiger partial charge in [0.2, 0.25) is 0 Å². The first-order chi connectivity index (χ1) is 10.9. The van der Waals surface area contributed by atoms with Crippen LogP contribution in [0.25, 0.3) is 0 Å². The molecule has 2 aromatic rings. The van der Waals surface area contributed by atoms with Crippen molar-refractivity contribution in [3.63, 3.8) is 0 Å². The van der Waals surface area contributed by atoms with Gasteiger partial charge in [0.25, 0.3) is 0 Å². The normalized spacial score (nSPS) is 11.1. The van der Waals surface area contributed by atoms with Crippen molar-refractivity contribution in [2.24, 2.45) is 0 Å². The van der Waals surface area contributed by atoms with Gasteiger partial charge in [0.05, 0.1) is 19.3 Å². The molecule has 0 bridgehead atoms. The van der Waals surface area contributed by atoms with E-state index in [0.717, 1.165) is 17.7 Å². The summed E-state index contributed by atoms with van der Waals surface area (Å²) in [6.45, 7) is 0.254. The minimum atomic E-state index is -4.34. The average Bonchev–Trinajstić information content (AvgIpc) is 2.54. The Kier molecular flexibility index (Phi) is 5.26. The highest BCUT2D eigenvalue weighted by Gasteiger charge is 2.29. The van der Waals surface area contributed by atoms with Crippen LogP contribution in [0.1, 0.15) is 21.5 Å². The Bertz CT molecular complexity index is 664. The molecule has 6 heteroatoms. The van der Waals surface area contributed by atoms with Crippen molar-refractivity contribution in [2.45, 2.75) is 12.6 Å². The minimum absolute atomic E-state index is 0.254. The maximum Gasteiger partial charge on any atom is 0.416 e. The number of carbonyl (C=O) groups is 1. The predicted octanol–water partition coefficient (Wildman–Crippen LogP) is 4.15. The van der Waals surface area contributed by atoms with E-state index in [4.69, 9.17) is 9.47 Å². The number of aldehydes is 1. The molecule has 0 heterocycles. The van der Waals surface area contributed by atoms with E-state index in [0.29, 0.717) is 29.8 Å². The van der Waals surface area contributed by atoms with Gasteiger partial charge in [-0.1, -0.05) is 12.1 Å². The molecule has 0 amide bonds. The van der Waals surface area contributed by atoms with E-state index >= 15 is 0 Å². The van der Waals surface area contributed by atoms with Gasteiger partial charge in [-0.15, -0.1) is 0 Å². The van der Waals surface area contributed by atoms with E-state index in [1.54, 1.807) is 18.2 Å². The van der Waals surface area contributed by atoms with E-state index in [2.05, 4.69) is 0 Å². The van der Waals surface area contributed by atoms with E-state index in [1.165, 1.54) is 19.2 Å². The monoisotopic (exact) mass is 324 g/mol. The number of methoxy groups -OCH3 is 1. The molecule has 0 aliphatic carbocycles. The molecular formula is C17H15F3O3. The van der Waals surface area contributed by atoms with Crippen LogP contribution in [0.5, 0.6) is 11.5 Å². The van der Waals surface area contributed by atoms with Crippen LogP contribution in [0.4, 0.5) is 13.2 Å². The van der Waals surface area contributed by atoms with E-state index < -0.39 is 11.7 Å². The van der Waals surface area contributed by atoms with Gasteiger partial charge in [-0.3, -0.25) is 4.79 Å². The van der Waals surface area contributed by atoms with Crippen molar-refractivity contribution < 1.29 is 27.4 Å². The summed E-state index contributed by atoms with van der Waals surface area (Å²) >= 11 is 0. The molecule has 122 valence electrons. The number of benzene rings is 2. The summed E-state index contributed by atoms with van der Waals surface area (Å²) in [6, 6.07) is 9.71. The molecule has 0 unspecified atom stereocenters. The summed E-state index contributed by atoms with van der Waals surface area (Å²) in [5, 5.41) is 0. The fourth-order valence-corrected chi connectivity index (χ4v) is 2.02. The van der Waals surface area contributed by atoms with Gasteiger partial charge in [0.15, 0.2) is 11.5 Å². The Hall–Kier alpha value is -2.50. The second-order valence-corrected chi connectivity index (χ2v) is 4.82. The number of rotatable bonds is 6. The molecule has 0 aromatic heterocycles. The SMILES string of the molecule is COc1ccc(C=O)cc1OCCc1ccc(C(F)(F)F)cc1. The molecular weight excluding hydrogens is 309 g/mol. The zero-order valence-electron chi connectivity index (χ0n) is 12.4. The second kappa shape index (κ2) is 7.17. The molecule has 0 spiro atoms. The second-order valence-electron chi connectivity index (χ2n) is 4.82. The first kappa shape index (κ1) is 16.9. The van der Waals surface area contributed by atoms with Crippen LogP contribution in [-0.2, 0) is 12.6 Å². The summed E-state index contributed by atoms with van der Waals surface area (Å²) in [4.78, 5) is 10.8. The quantitative estimate of drug-likeness (QED) is 0.749. The van der Waals surface area contributed by atoms with E-state index in [1.807, 2.05) is 0 Å². The van der Waals surface area contributed by atoms with Gasteiger partial charge in [-0.25, -0.2) is 0 Å². The lowest BCUT2D eigenvalue weighted by Crippen LogP contribution is -2.06. The largest absolute Gasteiger partial charge is 0.493 e. The maximum atomic E-state index is 12.5. The predicted molar refractivity (Wildman–Crippen MR) is 79.0 cm³/mol. The van der Waals surface area contributed by atoms with Crippen LogP contribution in [0.3, 0.4) is 0 Å². The van der Waals surface area contributed by atoms with Crippen LogP contribution >= 0.6 is 0 Å². The molecule has 0 saturated carbocycles.